The molecular formula is C15H23NO2. The van der Waals surface area contributed by atoms with Gasteiger partial charge in [-0.25, -0.2) is 0 Å². The summed E-state index contributed by atoms with van der Waals surface area (Å²) in [6, 6.07) is 5.65. The number of likely N-dealkylation sites (tertiary alicyclic amines) is 1. The maximum atomic E-state index is 10.0. The van der Waals surface area contributed by atoms with Crippen molar-refractivity contribution >= 4 is 0 Å². The van der Waals surface area contributed by atoms with E-state index in [9.17, 15) is 5.11 Å². The summed E-state index contributed by atoms with van der Waals surface area (Å²) in [5.74, 6) is 1.88. The summed E-state index contributed by atoms with van der Waals surface area (Å²) in [4.78, 5) is 2.40. The third kappa shape index (κ3) is 3.39. The van der Waals surface area contributed by atoms with Crippen LogP contribution in [0.3, 0.4) is 0 Å². The van der Waals surface area contributed by atoms with Gasteiger partial charge in [-0.3, -0.25) is 4.90 Å². The Morgan fingerprint density at radius 1 is 1.44 bits per heavy atom. The number of ether oxygens (including phenoxy) is 1. The normalized spacial score (nSPS) is 20.2. The highest BCUT2D eigenvalue weighted by atomic mass is 16.5. The van der Waals surface area contributed by atoms with Gasteiger partial charge in [0, 0.05) is 24.7 Å². The minimum Gasteiger partial charge on any atom is -0.507 e. The van der Waals surface area contributed by atoms with Gasteiger partial charge in [0.1, 0.15) is 11.5 Å². The van der Waals surface area contributed by atoms with Gasteiger partial charge >= 0.3 is 0 Å². The molecule has 1 saturated heterocycles. The van der Waals surface area contributed by atoms with Gasteiger partial charge in [-0.2, -0.15) is 0 Å². The molecule has 3 nitrogen and oxygen atoms in total. The van der Waals surface area contributed by atoms with Crippen LogP contribution in [0.1, 0.15) is 32.3 Å². The first-order chi connectivity index (χ1) is 8.69. The molecule has 1 fully saturated rings. The summed E-state index contributed by atoms with van der Waals surface area (Å²) in [5.41, 5.74) is 0.993. The van der Waals surface area contributed by atoms with Crippen LogP contribution in [-0.2, 0) is 6.54 Å². The molecule has 2 rings (SSSR count). The first-order valence-electron chi connectivity index (χ1n) is 6.86. The van der Waals surface area contributed by atoms with Gasteiger partial charge in [0.05, 0.1) is 6.61 Å². The molecule has 1 aliphatic heterocycles. The van der Waals surface area contributed by atoms with Gasteiger partial charge in [-0.1, -0.05) is 19.9 Å². The molecule has 0 bridgehead atoms. The van der Waals surface area contributed by atoms with Crippen molar-refractivity contribution in [3.8, 4) is 11.5 Å². The molecule has 0 aliphatic carbocycles. The number of phenols is 1. The average Bonchev–Trinajstić information content (AvgIpc) is 2.75. The number of benzene rings is 1. The second-order valence-corrected chi connectivity index (χ2v) is 5.27. The number of aromatic hydroxyl groups is 1. The Morgan fingerprint density at radius 3 is 2.89 bits per heavy atom. The first-order valence-corrected chi connectivity index (χ1v) is 6.86. The Hall–Kier alpha value is -1.22. The van der Waals surface area contributed by atoms with E-state index in [0.29, 0.717) is 12.4 Å². The zero-order valence-corrected chi connectivity index (χ0v) is 11.4. The van der Waals surface area contributed by atoms with Crippen LogP contribution in [0.25, 0.3) is 0 Å². The molecule has 1 unspecified atom stereocenters. The maximum absolute atomic E-state index is 10.0. The molecule has 1 aliphatic rings. The summed E-state index contributed by atoms with van der Waals surface area (Å²) >= 11 is 0. The van der Waals surface area contributed by atoms with Crippen LogP contribution in [0, 0.1) is 5.92 Å². The Bertz CT molecular complexity index is 392. The van der Waals surface area contributed by atoms with Crippen molar-refractivity contribution in [3.63, 3.8) is 0 Å². The fraction of sp³-hybridized carbons (Fsp3) is 0.600. The molecular weight excluding hydrogens is 226 g/mol. The topological polar surface area (TPSA) is 32.7 Å². The Labute approximate surface area is 109 Å². The van der Waals surface area contributed by atoms with E-state index in [1.54, 1.807) is 6.07 Å². The summed E-state index contributed by atoms with van der Waals surface area (Å²) in [6.07, 6.45) is 2.24. The Kier molecular flexibility index (Phi) is 4.48. The summed E-state index contributed by atoms with van der Waals surface area (Å²) in [6.45, 7) is 8.15. The van der Waals surface area contributed by atoms with Gasteiger partial charge in [-0.15, -0.1) is 0 Å². The lowest BCUT2D eigenvalue weighted by Gasteiger charge is -2.16. The van der Waals surface area contributed by atoms with E-state index in [-0.39, 0.29) is 0 Å². The second kappa shape index (κ2) is 6.10. The van der Waals surface area contributed by atoms with Crippen molar-refractivity contribution in [2.75, 3.05) is 19.7 Å². The van der Waals surface area contributed by atoms with Crippen LogP contribution in [0.15, 0.2) is 18.2 Å². The molecule has 1 atom stereocenters. The van der Waals surface area contributed by atoms with Crippen LogP contribution in [-0.4, -0.2) is 29.7 Å². The zero-order chi connectivity index (χ0) is 13.0. The second-order valence-electron chi connectivity index (χ2n) is 5.27. The molecule has 0 aromatic heterocycles. The minimum absolute atomic E-state index is 0.350. The van der Waals surface area contributed by atoms with Crippen LogP contribution in [0.4, 0.5) is 0 Å². The predicted molar refractivity (Wildman–Crippen MR) is 73.0 cm³/mol. The van der Waals surface area contributed by atoms with Crippen molar-refractivity contribution in [2.45, 2.75) is 33.2 Å². The molecule has 1 aromatic rings. The lowest BCUT2D eigenvalue weighted by Crippen LogP contribution is -2.19. The lowest BCUT2D eigenvalue weighted by molar-refractivity contribution is 0.306. The van der Waals surface area contributed by atoms with E-state index in [4.69, 9.17) is 4.74 Å². The van der Waals surface area contributed by atoms with Crippen LogP contribution < -0.4 is 4.74 Å². The van der Waals surface area contributed by atoms with Gasteiger partial charge in [0.25, 0.3) is 0 Å². The molecule has 1 aromatic carbocycles. The Balaban J connectivity index is 1.96. The highest BCUT2D eigenvalue weighted by Crippen LogP contribution is 2.26. The minimum atomic E-state index is 0.350. The fourth-order valence-electron chi connectivity index (χ4n) is 2.40. The van der Waals surface area contributed by atoms with Crippen molar-refractivity contribution in [1.82, 2.24) is 4.90 Å². The molecule has 3 heteroatoms. The fourth-order valence-corrected chi connectivity index (χ4v) is 2.40. The monoisotopic (exact) mass is 249 g/mol. The summed E-state index contributed by atoms with van der Waals surface area (Å²) < 4.78 is 5.50. The molecule has 18 heavy (non-hydrogen) atoms. The number of nitrogens with zero attached hydrogens (tertiary/aromatic N) is 1. The SMILES string of the molecule is CCCOc1ccc(CN2CCC(C)C2)c(O)c1. The van der Waals surface area contributed by atoms with Gasteiger partial charge in [0.15, 0.2) is 0 Å². The highest BCUT2D eigenvalue weighted by Gasteiger charge is 2.19. The molecule has 100 valence electrons. The summed E-state index contributed by atoms with van der Waals surface area (Å²) in [7, 11) is 0. The maximum Gasteiger partial charge on any atom is 0.123 e. The van der Waals surface area contributed by atoms with Crippen LogP contribution in [0.2, 0.25) is 0 Å². The van der Waals surface area contributed by atoms with Crippen LogP contribution in [0.5, 0.6) is 11.5 Å². The van der Waals surface area contributed by atoms with Gasteiger partial charge < -0.3 is 9.84 Å². The van der Waals surface area contributed by atoms with E-state index >= 15 is 0 Å². The van der Waals surface area contributed by atoms with Crippen molar-refractivity contribution < 1.29 is 9.84 Å². The molecule has 1 heterocycles. The highest BCUT2D eigenvalue weighted by molar-refractivity contribution is 5.39. The Morgan fingerprint density at radius 2 is 2.28 bits per heavy atom. The van der Waals surface area contributed by atoms with Crippen LogP contribution >= 0.6 is 0 Å². The van der Waals surface area contributed by atoms with E-state index in [1.807, 2.05) is 12.1 Å². The number of phenolic OH excluding ortho intramolecular Hbond substituents is 1. The smallest absolute Gasteiger partial charge is 0.123 e. The first kappa shape index (κ1) is 13.2. The van der Waals surface area contributed by atoms with Crippen molar-refractivity contribution in [1.29, 1.82) is 0 Å². The predicted octanol–water partition coefficient (Wildman–Crippen LogP) is 3.02. The quantitative estimate of drug-likeness (QED) is 0.870. The summed E-state index contributed by atoms with van der Waals surface area (Å²) in [5, 5.41) is 10.0. The average molecular weight is 249 g/mol. The van der Waals surface area contributed by atoms with Crippen molar-refractivity contribution in [2.24, 2.45) is 5.92 Å². The number of hydrogen-bond donors (Lipinski definition) is 1. The lowest BCUT2D eigenvalue weighted by atomic mass is 10.1. The van der Waals surface area contributed by atoms with E-state index in [0.717, 1.165) is 43.3 Å². The van der Waals surface area contributed by atoms with Gasteiger partial charge in [0.2, 0.25) is 0 Å². The molecule has 0 radical (unpaired) electrons. The largest absolute Gasteiger partial charge is 0.507 e. The molecule has 0 saturated carbocycles. The number of hydrogen-bond acceptors (Lipinski definition) is 3. The van der Waals surface area contributed by atoms with E-state index < -0.39 is 0 Å². The third-order valence-electron chi connectivity index (χ3n) is 3.43. The molecule has 0 amide bonds. The van der Waals surface area contributed by atoms with Gasteiger partial charge in [-0.05, 0) is 31.4 Å². The molecule has 1 N–H and O–H groups in total. The molecule has 0 spiro atoms. The van der Waals surface area contributed by atoms with Crippen molar-refractivity contribution in [3.05, 3.63) is 23.8 Å². The van der Waals surface area contributed by atoms with E-state index in [2.05, 4.69) is 18.7 Å². The third-order valence-corrected chi connectivity index (χ3v) is 3.43. The number of rotatable bonds is 5. The van der Waals surface area contributed by atoms with E-state index in [1.165, 1.54) is 6.42 Å². The zero-order valence-electron chi connectivity index (χ0n) is 11.4. The standard InChI is InChI=1S/C15H23NO2/c1-3-8-18-14-5-4-13(15(17)9-14)11-16-7-6-12(2)10-16/h4-5,9,12,17H,3,6-8,10-11H2,1-2H3.